The quantitative estimate of drug-likeness (QED) is 0.146. The summed E-state index contributed by atoms with van der Waals surface area (Å²) in [6, 6.07) is 11.5. The van der Waals surface area contributed by atoms with E-state index >= 15 is 0 Å². The number of amides is 1. The van der Waals surface area contributed by atoms with E-state index in [0.29, 0.717) is 22.8 Å². The van der Waals surface area contributed by atoms with Crippen LogP contribution in [0.5, 0.6) is 0 Å². The predicted molar refractivity (Wildman–Crippen MR) is 138 cm³/mol. The molecule has 0 radical (unpaired) electrons. The molecule has 0 aliphatic rings. The number of nitrogens with one attached hydrogen (secondary N) is 1. The molecule has 184 valence electrons. The molecule has 0 saturated carbocycles. The molecule has 3 rings (SSSR count). The molecule has 1 aromatic heterocycles. The SMILES string of the molecule is C=Cc1sc2ccc(Cl)cc2[n+]1CCCCNC(=O)CCN(c1ccc(C=O)cc1)C(C)C(=O)[O-].[Na+]. The van der Waals surface area contributed by atoms with Crippen LogP contribution in [0.15, 0.2) is 49.0 Å². The fraction of sp³-hybridized carbons (Fsp3) is 0.308. The van der Waals surface area contributed by atoms with Gasteiger partial charge in [0.25, 0.3) is 5.01 Å². The average Bonchev–Trinajstić information content (AvgIpc) is 3.20. The van der Waals surface area contributed by atoms with Crippen LogP contribution in [-0.2, 0) is 16.1 Å². The minimum absolute atomic E-state index is 0. The third kappa shape index (κ3) is 7.88. The summed E-state index contributed by atoms with van der Waals surface area (Å²) in [7, 11) is 0. The summed E-state index contributed by atoms with van der Waals surface area (Å²) in [6.07, 6.45) is 4.35. The molecule has 0 bridgehead atoms. The largest absolute Gasteiger partial charge is 1.00 e. The third-order valence-corrected chi connectivity index (χ3v) is 7.14. The smallest absolute Gasteiger partial charge is 0.548 e. The van der Waals surface area contributed by atoms with Gasteiger partial charge in [0.05, 0.1) is 12.0 Å². The Morgan fingerprint density at radius 2 is 1.94 bits per heavy atom. The summed E-state index contributed by atoms with van der Waals surface area (Å²) in [5, 5.41) is 16.1. The van der Waals surface area contributed by atoms with Crippen molar-refractivity contribution < 1.29 is 53.6 Å². The Hall–Kier alpha value is -2.23. The number of nitrogens with zero attached hydrogens (tertiary/aromatic N) is 2. The Balaban J connectivity index is 0.00000456. The van der Waals surface area contributed by atoms with E-state index in [1.54, 1.807) is 40.5 Å². The zero-order valence-electron chi connectivity index (χ0n) is 20.5. The molecule has 0 saturated heterocycles. The Morgan fingerprint density at radius 3 is 2.58 bits per heavy atom. The number of hydrogen-bond acceptors (Lipinski definition) is 6. The maximum Gasteiger partial charge on any atom is 1.00 e. The third-order valence-electron chi connectivity index (χ3n) is 5.75. The maximum atomic E-state index is 12.4. The van der Waals surface area contributed by atoms with Gasteiger partial charge in [-0.2, -0.15) is 4.57 Å². The van der Waals surface area contributed by atoms with Crippen molar-refractivity contribution in [3.05, 3.63) is 64.6 Å². The number of aldehydes is 1. The standard InChI is InChI=1S/C26H28ClN3O4S.Na/c1-3-25-30(22-16-20(27)8-11-23(22)35-25)14-5-4-13-28-24(32)12-15-29(18(2)26(33)34)21-9-6-19(17-31)7-10-21;/h3,6-11,16-18H,1,4-5,12-15H2,2H3,(H-,28,32,33,34);/q;+1. The molecule has 3 aromatic rings. The van der Waals surface area contributed by atoms with E-state index in [1.807, 2.05) is 24.3 Å². The van der Waals surface area contributed by atoms with E-state index in [4.69, 9.17) is 11.6 Å². The monoisotopic (exact) mass is 536 g/mol. The van der Waals surface area contributed by atoms with Crippen molar-refractivity contribution in [2.45, 2.75) is 38.8 Å². The number of carbonyl (C=O) groups excluding carboxylic acids is 3. The number of carboxylic acids is 1. The van der Waals surface area contributed by atoms with Gasteiger partial charge in [-0.1, -0.05) is 29.5 Å². The predicted octanol–water partition coefficient (Wildman–Crippen LogP) is 0.233. The van der Waals surface area contributed by atoms with Crippen molar-refractivity contribution in [2.75, 3.05) is 18.0 Å². The van der Waals surface area contributed by atoms with Crippen LogP contribution < -0.4 is 49.4 Å². The Morgan fingerprint density at radius 1 is 1.22 bits per heavy atom. The first kappa shape index (κ1) is 30.0. The fourth-order valence-corrected chi connectivity index (χ4v) is 4.99. The Labute approximate surface area is 242 Å². The van der Waals surface area contributed by atoms with E-state index in [1.165, 1.54) is 6.92 Å². The second-order valence-electron chi connectivity index (χ2n) is 8.11. The summed E-state index contributed by atoms with van der Waals surface area (Å²) < 4.78 is 3.34. The fourth-order valence-electron chi connectivity index (χ4n) is 3.81. The van der Waals surface area contributed by atoms with Crippen molar-refractivity contribution in [3.63, 3.8) is 0 Å². The van der Waals surface area contributed by atoms with Gasteiger partial charge in [0, 0.05) is 54.3 Å². The second-order valence-corrected chi connectivity index (χ2v) is 9.61. The Kier molecular flexibility index (Phi) is 12.1. The number of thiazole rings is 1. The maximum absolute atomic E-state index is 12.4. The Bertz CT molecular complexity index is 1220. The molecule has 1 unspecified atom stereocenters. The van der Waals surface area contributed by atoms with Crippen molar-refractivity contribution in [3.8, 4) is 0 Å². The molecule has 1 N–H and O–H groups in total. The van der Waals surface area contributed by atoms with E-state index in [-0.39, 0.29) is 48.4 Å². The van der Waals surface area contributed by atoms with Crippen LogP contribution in [0.4, 0.5) is 5.69 Å². The van der Waals surface area contributed by atoms with Gasteiger partial charge in [0.2, 0.25) is 11.4 Å². The number of aliphatic carboxylic acids is 1. The van der Waals surface area contributed by atoms with Gasteiger partial charge in [0.1, 0.15) is 11.0 Å². The number of carbonyl (C=O) groups is 3. The van der Waals surface area contributed by atoms with Crippen LogP contribution in [0.3, 0.4) is 0 Å². The van der Waals surface area contributed by atoms with Crippen LogP contribution >= 0.6 is 22.9 Å². The average molecular weight is 537 g/mol. The summed E-state index contributed by atoms with van der Waals surface area (Å²) in [5.74, 6) is -1.39. The number of halogens is 1. The number of benzene rings is 2. The van der Waals surface area contributed by atoms with Crippen molar-refractivity contribution in [1.82, 2.24) is 5.32 Å². The van der Waals surface area contributed by atoms with Crippen LogP contribution in [0.25, 0.3) is 16.3 Å². The summed E-state index contributed by atoms with van der Waals surface area (Å²) in [5.41, 5.74) is 2.17. The van der Waals surface area contributed by atoms with Crippen LogP contribution in [0.1, 0.15) is 41.6 Å². The van der Waals surface area contributed by atoms with Gasteiger partial charge < -0.3 is 20.1 Å². The van der Waals surface area contributed by atoms with E-state index < -0.39 is 12.0 Å². The van der Waals surface area contributed by atoms with Crippen LogP contribution in [0.2, 0.25) is 5.02 Å². The summed E-state index contributed by atoms with van der Waals surface area (Å²) in [6.45, 7) is 6.93. The van der Waals surface area contributed by atoms with Gasteiger partial charge in [-0.25, -0.2) is 0 Å². The number of aryl methyl sites for hydroxylation is 1. The van der Waals surface area contributed by atoms with Crippen molar-refractivity contribution >= 4 is 63.1 Å². The number of fused-ring (bicyclic) bond motifs is 1. The van der Waals surface area contributed by atoms with E-state index in [9.17, 15) is 19.5 Å². The molecule has 10 heteroatoms. The van der Waals surface area contributed by atoms with Gasteiger partial charge in [-0.15, -0.1) is 0 Å². The van der Waals surface area contributed by atoms with Crippen LogP contribution in [-0.4, -0.2) is 37.3 Å². The van der Waals surface area contributed by atoms with Crippen LogP contribution in [0, 0.1) is 0 Å². The molecule has 2 aromatic carbocycles. The molecular weight excluding hydrogens is 509 g/mol. The minimum Gasteiger partial charge on any atom is -0.548 e. The molecule has 1 atom stereocenters. The van der Waals surface area contributed by atoms with Crippen molar-refractivity contribution in [1.29, 1.82) is 0 Å². The minimum atomic E-state index is -1.23. The van der Waals surface area contributed by atoms with Gasteiger partial charge in [0.15, 0.2) is 6.54 Å². The molecule has 0 aliphatic carbocycles. The summed E-state index contributed by atoms with van der Waals surface area (Å²) in [4.78, 5) is 36.3. The molecule has 0 aliphatic heterocycles. The second kappa shape index (κ2) is 14.5. The van der Waals surface area contributed by atoms with E-state index in [0.717, 1.165) is 40.9 Å². The first-order valence-corrected chi connectivity index (χ1v) is 12.6. The first-order valence-electron chi connectivity index (χ1n) is 11.4. The van der Waals surface area contributed by atoms with Gasteiger partial charge >= 0.3 is 29.6 Å². The number of rotatable bonds is 13. The molecule has 1 amide bonds. The zero-order valence-corrected chi connectivity index (χ0v) is 24.1. The molecule has 0 fully saturated rings. The number of hydrogen-bond donors (Lipinski definition) is 1. The zero-order chi connectivity index (χ0) is 25.4. The van der Waals surface area contributed by atoms with Crippen molar-refractivity contribution in [2.24, 2.45) is 0 Å². The molecule has 36 heavy (non-hydrogen) atoms. The number of unbranched alkanes of at least 4 members (excludes halogenated alkanes) is 1. The summed E-state index contributed by atoms with van der Waals surface area (Å²) >= 11 is 7.83. The number of aromatic nitrogens is 1. The molecule has 7 nitrogen and oxygen atoms in total. The molecule has 0 spiro atoms. The first-order chi connectivity index (χ1) is 16.8. The number of carboxylic acid groups (broad SMARTS) is 1. The molecular formula is C26H28ClN3NaO4S+. The normalized spacial score (nSPS) is 11.4. The number of anilines is 1. The topological polar surface area (TPSA) is 93.4 Å². The molecule has 1 heterocycles. The van der Waals surface area contributed by atoms with Gasteiger partial charge in [-0.05, 0) is 49.7 Å². The van der Waals surface area contributed by atoms with E-state index in [2.05, 4.69) is 16.5 Å². The van der Waals surface area contributed by atoms with Gasteiger partial charge in [-0.3, -0.25) is 9.59 Å².